The highest BCUT2D eigenvalue weighted by atomic mass is 32.2. The molecule has 0 aliphatic carbocycles. The van der Waals surface area contributed by atoms with Gasteiger partial charge in [0, 0.05) is 14.7 Å². The largest absolute Gasteiger partial charge is 0.497 e. The van der Waals surface area contributed by atoms with Gasteiger partial charge in [-0.1, -0.05) is 76.4 Å². The highest BCUT2D eigenvalue weighted by Gasteiger charge is 2.21. The summed E-state index contributed by atoms with van der Waals surface area (Å²) >= 11 is 3.03. The number of ether oxygens (including phenoxy) is 4. The summed E-state index contributed by atoms with van der Waals surface area (Å²) in [5.74, 6) is 2.11. The molecule has 0 spiro atoms. The van der Waals surface area contributed by atoms with Crippen LogP contribution < -0.4 is 18.9 Å². The summed E-state index contributed by atoms with van der Waals surface area (Å²) in [6.45, 7) is 1.85. The molecule has 0 amide bonds. The Hall–Kier alpha value is -6.41. The van der Waals surface area contributed by atoms with E-state index >= 15 is 0 Å². The van der Waals surface area contributed by atoms with Crippen molar-refractivity contribution in [2.45, 2.75) is 49.1 Å². The van der Waals surface area contributed by atoms with Crippen LogP contribution in [0.5, 0.6) is 40.2 Å². The minimum absolute atomic E-state index is 0.0587. The molecular formula is C52H42O16S5. The minimum atomic E-state index is -4.71. The summed E-state index contributed by atoms with van der Waals surface area (Å²) in [5.41, 5.74) is 5.12. The van der Waals surface area contributed by atoms with Crippen LogP contribution in [-0.4, -0.2) is 43.6 Å². The van der Waals surface area contributed by atoms with Crippen molar-refractivity contribution in [3.8, 4) is 51.4 Å². The van der Waals surface area contributed by atoms with Gasteiger partial charge in [0.2, 0.25) is 0 Å². The first-order valence-corrected chi connectivity index (χ1v) is 26.7. The van der Waals surface area contributed by atoms with E-state index < -0.39 is 30.0 Å². The fraction of sp³-hybridized carbons (Fsp3) is 0.0769. The second-order valence-corrected chi connectivity index (χ2v) is 21.2. The van der Waals surface area contributed by atoms with Gasteiger partial charge in [0.05, 0.1) is 36.1 Å². The van der Waals surface area contributed by atoms with Crippen LogP contribution in [-0.2, 0) is 51.8 Å². The van der Waals surface area contributed by atoms with Crippen molar-refractivity contribution >= 4 is 56.1 Å². The first-order valence-electron chi connectivity index (χ1n) is 21.5. The predicted octanol–water partition coefficient (Wildman–Crippen LogP) is 13.7. The van der Waals surface area contributed by atoms with E-state index in [0.717, 1.165) is 49.8 Å². The van der Waals surface area contributed by atoms with Gasteiger partial charge in [-0.15, -0.1) is 8.67 Å². The molecule has 8 rings (SSSR count). The van der Waals surface area contributed by atoms with Crippen molar-refractivity contribution in [3.05, 3.63) is 198 Å². The van der Waals surface area contributed by atoms with Crippen LogP contribution in [0.2, 0.25) is 0 Å². The molecule has 8 aromatic rings. The first-order chi connectivity index (χ1) is 35.1. The highest BCUT2D eigenvalue weighted by Crippen LogP contribution is 2.39. The van der Waals surface area contributed by atoms with Crippen LogP contribution in [0.1, 0.15) is 27.8 Å². The zero-order chi connectivity index (χ0) is 51.5. The van der Waals surface area contributed by atoms with Gasteiger partial charge in [-0.25, -0.2) is 10.5 Å². The Morgan fingerprint density at radius 3 is 1.25 bits per heavy atom. The second kappa shape index (κ2) is 24.1. The molecule has 0 atom stereocenters. The summed E-state index contributed by atoms with van der Waals surface area (Å²) < 4.78 is 103. The molecular weight excluding hydrogens is 1040 g/mol. The zero-order valence-electron chi connectivity index (χ0n) is 38.3. The summed E-state index contributed by atoms with van der Waals surface area (Å²) in [4.78, 5) is 2.20. The van der Waals surface area contributed by atoms with E-state index in [9.17, 15) is 25.9 Å². The van der Waals surface area contributed by atoms with Crippen molar-refractivity contribution in [2.24, 2.45) is 0 Å². The van der Waals surface area contributed by atoms with Gasteiger partial charge in [-0.05, 0) is 174 Å². The number of rotatable bonds is 22. The molecule has 8 aromatic carbocycles. The number of aryl methyl sites for hydroxylation is 1. The number of benzene rings is 8. The van der Waals surface area contributed by atoms with Gasteiger partial charge in [0.25, 0.3) is 20.2 Å². The zero-order valence-corrected chi connectivity index (χ0v) is 42.4. The molecule has 0 heterocycles. The maximum atomic E-state index is 12.6. The van der Waals surface area contributed by atoms with Crippen LogP contribution in [0, 0.1) is 6.92 Å². The maximum absolute atomic E-state index is 12.6. The number of hydrogen-bond acceptors (Lipinski definition) is 17. The van der Waals surface area contributed by atoms with Gasteiger partial charge in [-0.2, -0.15) is 16.8 Å². The van der Waals surface area contributed by atoms with Crippen molar-refractivity contribution in [2.75, 3.05) is 7.11 Å². The topological polar surface area (TPSA) is 223 Å². The Kier molecular flexibility index (Phi) is 17.5. The normalized spacial score (nSPS) is 11.6. The lowest BCUT2D eigenvalue weighted by Crippen LogP contribution is -2.03. The summed E-state index contributed by atoms with van der Waals surface area (Å²) in [6.07, 6.45) is 0.536. The minimum Gasteiger partial charge on any atom is -0.497 e. The molecule has 0 saturated carbocycles. The molecule has 0 aromatic heterocycles. The molecule has 0 saturated heterocycles. The molecule has 0 fully saturated rings. The molecule has 0 aliphatic heterocycles. The van der Waals surface area contributed by atoms with Gasteiger partial charge < -0.3 is 18.9 Å². The summed E-state index contributed by atoms with van der Waals surface area (Å²) in [7, 11) is -7.78. The Labute approximate surface area is 433 Å². The van der Waals surface area contributed by atoms with E-state index in [1.54, 1.807) is 92.0 Å². The third-order valence-electron chi connectivity index (χ3n) is 10.8. The lowest BCUT2D eigenvalue weighted by atomic mass is 10.0. The van der Waals surface area contributed by atoms with E-state index in [1.807, 2.05) is 67.6 Å². The standard InChI is InChI=1S/C52H42O16S5/c1-33-3-4-34(29-49(33)70-67-65-53)27-36-6-25-47(51(31-36)72(55,56)57)63-42-14-10-39(11-15-42)38-8-12-41(13-9-38)62-46-24-5-35(30-50(46)71-68-66-54)28-37-7-26-48(52(32-37)73(58,59)60)64-43-18-22-45(23-19-43)69-44-20-16-40(61-2)17-21-44/h3-26,29-32,53-54H,27-28H2,1-2H3,(H,55,56,57)(H,58,59,60). The van der Waals surface area contributed by atoms with Crippen molar-refractivity contribution in [1.82, 2.24) is 0 Å². The van der Waals surface area contributed by atoms with Crippen LogP contribution in [0.4, 0.5) is 0 Å². The summed E-state index contributed by atoms with van der Waals surface area (Å²) in [5, 5.41) is 25.1. The van der Waals surface area contributed by atoms with E-state index in [4.69, 9.17) is 33.8 Å². The fourth-order valence-electron chi connectivity index (χ4n) is 7.30. The number of methoxy groups -OCH3 is 1. The first kappa shape index (κ1) is 52.9. The molecule has 16 nitrogen and oxygen atoms in total. The molecule has 0 unspecified atom stereocenters. The Morgan fingerprint density at radius 1 is 0.438 bits per heavy atom. The highest BCUT2D eigenvalue weighted by molar-refractivity contribution is 7.99. The summed E-state index contributed by atoms with van der Waals surface area (Å²) in [6, 6.07) is 48.4. The molecule has 4 N–H and O–H groups in total. The molecule has 21 heteroatoms. The SMILES string of the molecule is COc1ccc(Sc2ccc(Oc3ccc(Cc4ccc(Oc5ccc(-c6ccc(Oc7ccc(Cc8ccc(C)c(SOOO)c8)cc7S(=O)(=O)O)cc6)cc5)c(SOOO)c4)cc3S(=O)(=O)O)cc2)cc1. The van der Waals surface area contributed by atoms with Crippen LogP contribution in [0.15, 0.2) is 199 Å². The maximum Gasteiger partial charge on any atom is 0.298 e. The van der Waals surface area contributed by atoms with Crippen molar-refractivity contribution < 1.29 is 74.1 Å². The quantitative estimate of drug-likeness (QED) is 0.0214. The monoisotopic (exact) mass is 1080 g/mol. The lowest BCUT2D eigenvalue weighted by Gasteiger charge is -2.14. The molecule has 376 valence electrons. The van der Waals surface area contributed by atoms with E-state index in [0.29, 0.717) is 67.9 Å². The van der Waals surface area contributed by atoms with Crippen molar-refractivity contribution in [1.29, 1.82) is 0 Å². The second-order valence-electron chi connectivity index (χ2n) is 15.8. The Bertz CT molecular complexity index is 3410. The number of hydrogen-bond donors (Lipinski definition) is 4. The fourth-order valence-corrected chi connectivity index (χ4v) is 10.4. The van der Waals surface area contributed by atoms with E-state index in [1.165, 1.54) is 36.0 Å². The average molecular weight is 1080 g/mol. The van der Waals surface area contributed by atoms with Gasteiger partial charge >= 0.3 is 0 Å². The van der Waals surface area contributed by atoms with Crippen LogP contribution in [0.3, 0.4) is 0 Å². The molecule has 0 bridgehead atoms. The van der Waals surface area contributed by atoms with Gasteiger partial charge in [0.1, 0.15) is 50.0 Å². The molecule has 0 aliphatic rings. The van der Waals surface area contributed by atoms with E-state index in [2.05, 4.69) is 14.4 Å². The third kappa shape index (κ3) is 14.4. The van der Waals surface area contributed by atoms with Crippen LogP contribution >= 0.6 is 35.8 Å². The lowest BCUT2D eigenvalue weighted by molar-refractivity contribution is -0.432. The average Bonchev–Trinajstić information content (AvgIpc) is 3.38. The van der Waals surface area contributed by atoms with E-state index in [-0.39, 0.29) is 17.9 Å². The Balaban J connectivity index is 0.912. The smallest absolute Gasteiger partial charge is 0.298 e. The van der Waals surface area contributed by atoms with Gasteiger partial charge in [0.15, 0.2) is 0 Å². The van der Waals surface area contributed by atoms with Gasteiger partial charge in [-0.3, -0.25) is 9.11 Å². The predicted molar refractivity (Wildman–Crippen MR) is 273 cm³/mol. The Morgan fingerprint density at radius 2 is 0.808 bits per heavy atom. The van der Waals surface area contributed by atoms with Crippen LogP contribution in [0.25, 0.3) is 11.1 Å². The third-order valence-corrected chi connectivity index (χ3v) is 14.9. The molecule has 0 radical (unpaired) electrons. The van der Waals surface area contributed by atoms with Crippen molar-refractivity contribution in [3.63, 3.8) is 0 Å². The molecule has 73 heavy (non-hydrogen) atoms.